The molecular weight excluding hydrogens is 352 g/mol. The molecule has 3 rings (SSSR count). The number of rotatable bonds is 6. The van der Waals surface area contributed by atoms with E-state index in [2.05, 4.69) is 5.32 Å². The number of benzene rings is 3. The predicted octanol–water partition coefficient (Wildman–Crippen LogP) is 3.88. The molecule has 0 heterocycles. The van der Waals surface area contributed by atoms with Gasteiger partial charge in [0.15, 0.2) is 6.10 Å². The molecule has 0 aliphatic heterocycles. The molecule has 0 saturated heterocycles. The number of nitrogens with one attached hydrogen (secondary N) is 1. The summed E-state index contributed by atoms with van der Waals surface area (Å²) in [6.07, 6.45) is -0.317. The molecule has 144 valence electrons. The first kappa shape index (κ1) is 19.4. The minimum atomic E-state index is -0.652. The van der Waals surface area contributed by atoms with Crippen molar-refractivity contribution in [1.82, 2.24) is 4.90 Å². The Morgan fingerprint density at radius 2 is 1.64 bits per heavy atom. The van der Waals surface area contributed by atoms with E-state index in [-0.39, 0.29) is 11.8 Å². The summed E-state index contributed by atoms with van der Waals surface area (Å²) >= 11 is 0. The van der Waals surface area contributed by atoms with Crippen molar-refractivity contribution < 1.29 is 14.3 Å². The zero-order valence-electron chi connectivity index (χ0n) is 16.3. The Bertz CT molecular complexity index is 975. The molecule has 0 saturated carbocycles. The predicted molar refractivity (Wildman–Crippen MR) is 112 cm³/mol. The maximum absolute atomic E-state index is 12.5. The molecule has 0 aromatic heterocycles. The van der Waals surface area contributed by atoms with Crippen molar-refractivity contribution in [1.29, 1.82) is 0 Å². The number of hydrogen-bond acceptors (Lipinski definition) is 3. The molecule has 0 aliphatic carbocycles. The van der Waals surface area contributed by atoms with Gasteiger partial charge in [-0.1, -0.05) is 48.5 Å². The van der Waals surface area contributed by atoms with Crippen molar-refractivity contribution in [3.05, 3.63) is 72.3 Å². The smallest absolute Gasteiger partial charge is 0.265 e. The number of fused-ring (bicyclic) bond motifs is 1. The lowest BCUT2D eigenvalue weighted by atomic mass is 10.1. The number of hydrogen-bond donors (Lipinski definition) is 1. The van der Waals surface area contributed by atoms with Crippen LogP contribution in [0.3, 0.4) is 0 Å². The van der Waals surface area contributed by atoms with Gasteiger partial charge in [0.1, 0.15) is 5.75 Å². The number of amides is 2. The van der Waals surface area contributed by atoms with Gasteiger partial charge in [-0.3, -0.25) is 9.59 Å². The van der Waals surface area contributed by atoms with Gasteiger partial charge >= 0.3 is 0 Å². The molecule has 28 heavy (non-hydrogen) atoms. The monoisotopic (exact) mass is 376 g/mol. The van der Waals surface area contributed by atoms with Gasteiger partial charge in [-0.15, -0.1) is 0 Å². The van der Waals surface area contributed by atoms with Crippen LogP contribution in [0.5, 0.6) is 5.75 Å². The molecule has 5 heteroatoms. The summed E-state index contributed by atoms with van der Waals surface area (Å²) in [7, 11) is 3.46. The third kappa shape index (κ3) is 4.68. The van der Waals surface area contributed by atoms with E-state index >= 15 is 0 Å². The molecule has 1 N–H and O–H groups in total. The lowest BCUT2D eigenvalue weighted by molar-refractivity contribution is -0.128. The summed E-state index contributed by atoms with van der Waals surface area (Å²) in [5.41, 5.74) is 1.57. The average molecular weight is 376 g/mol. The van der Waals surface area contributed by atoms with Crippen LogP contribution in [0.25, 0.3) is 10.8 Å². The molecule has 0 radical (unpaired) electrons. The van der Waals surface area contributed by atoms with Gasteiger partial charge in [-0.05, 0) is 36.1 Å². The molecule has 1 unspecified atom stereocenters. The van der Waals surface area contributed by atoms with Gasteiger partial charge in [0.25, 0.3) is 5.91 Å². The van der Waals surface area contributed by atoms with Crippen molar-refractivity contribution >= 4 is 28.3 Å². The second kappa shape index (κ2) is 8.57. The maximum Gasteiger partial charge on any atom is 0.265 e. The Morgan fingerprint density at radius 3 is 2.36 bits per heavy atom. The quantitative estimate of drug-likeness (QED) is 0.710. The highest BCUT2D eigenvalue weighted by molar-refractivity contribution is 5.95. The van der Waals surface area contributed by atoms with E-state index in [0.29, 0.717) is 17.9 Å². The third-order valence-corrected chi connectivity index (χ3v) is 4.50. The highest BCUT2D eigenvalue weighted by Crippen LogP contribution is 2.26. The Balaban J connectivity index is 1.63. The van der Waals surface area contributed by atoms with E-state index in [1.807, 2.05) is 54.6 Å². The summed E-state index contributed by atoms with van der Waals surface area (Å²) in [6.45, 7) is 1.72. The topological polar surface area (TPSA) is 58.6 Å². The lowest BCUT2D eigenvalue weighted by Gasteiger charge is -2.16. The summed E-state index contributed by atoms with van der Waals surface area (Å²) in [5.74, 6) is 0.484. The normalized spacial score (nSPS) is 11.7. The fourth-order valence-corrected chi connectivity index (χ4v) is 2.82. The van der Waals surface area contributed by atoms with Gasteiger partial charge < -0.3 is 15.0 Å². The van der Waals surface area contributed by atoms with Crippen LogP contribution in [0.15, 0.2) is 66.7 Å². The molecule has 5 nitrogen and oxygen atoms in total. The summed E-state index contributed by atoms with van der Waals surface area (Å²) in [4.78, 5) is 25.8. The summed E-state index contributed by atoms with van der Waals surface area (Å²) < 4.78 is 5.90. The Hall–Kier alpha value is -3.34. The molecule has 0 spiro atoms. The fourth-order valence-electron chi connectivity index (χ4n) is 2.82. The zero-order chi connectivity index (χ0) is 20.1. The van der Waals surface area contributed by atoms with Crippen LogP contribution in [0, 0.1) is 0 Å². The molecule has 3 aromatic rings. The molecule has 0 bridgehead atoms. The van der Waals surface area contributed by atoms with Crippen molar-refractivity contribution in [2.24, 2.45) is 0 Å². The van der Waals surface area contributed by atoms with Gasteiger partial charge in [0.2, 0.25) is 5.91 Å². The Labute approximate surface area is 164 Å². The van der Waals surface area contributed by atoms with Crippen LogP contribution >= 0.6 is 0 Å². The van der Waals surface area contributed by atoms with Crippen LogP contribution < -0.4 is 10.1 Å². The van der Waals surface area contributed by atoms with Gasteiger partial charge in [-0.2, -0.15) is 0 Å². The fraction of sp³-hybridized carbons (Fsp3) is 0.217. The number of anilines is 1. The number of carbonyl (C=O) groups excluding carboxylic acids is 2. The highest BCUT2D eigenvalue weighted by Gasteiger charge is 2.16. The first-order chi connectivity index (χ1) is 13.4. The van der Waals surface area contributed by atoms with E-state index in [0.717, 1.165) is 16.3 Å². The van der Waals surface area contributed by atoms with Crippen LogP contribution in [-0.2, 0) is 16.0 Å². The van der Waals surface area contributed by atoms with Gasteiger partial charge in [0.05, 0.1) is 6.42 Å². The first-order valence-corrected chi connectivity index (χ1v) is 9.18. The summed E-state index contributed by atoms with van der Waals surface area (Å²) in [5, 5.41) is 4.89. The van der Waals surface area contributed by atoms with Crippen LogP contribution in [0.1, 0.15) is 12.5 Å². The van der Waals surface area contributed by atoms with Crippen LogP contribution in [0.2, 0.25) is 0 Å². The lowest BCUT2D eigenvalue weighted by Crippen LogP contribution is -2.30. The van der Waals surface area contributed by atoms with Crippen molar-refractivity contribution in [2.45, 2.75) is 19.4 Å². The van der Waals surface area contributed by atoms with Crippen LogP contribution in [-0.4, -0.2) is 36.9 Å². The summed E-state index contributed by atoms with van der Waals surface area (Å²) in [6, 6.07) is 21.0. The highest BCUT2D eigenvalue weighted by atomic mass is 16.5. The molecule has 1 atom stereocenters. The molecule has 0 aliphatic rings. The number of carbonyl (C=O) groups is 2. The Morgan fingerprint density at radius 1 is 0.964 bits per heavy atom. The number of nitrogens with zero attached hydrogens (tertiary/aromatic N) is 1. The molecular formula is C23H24N2O3. The van der Waals surface area contributed by atoms with E-state index < -0.39 is 6.10 Å². The van der Waals surface area contributed by atoms with E-state index in [4.69, 9.17) is 4.74 Å². The zero-order valence-corrected chi connectivity index (χ0v) is 16.3. The SMILES string of the molecule is CC(Oc1cccc2ccccc12)C(=O)Nc1ccc(CC(=O)N(C)C)cc1. The molecule has 0 fully saturated rings. The van der Waals surface area contributed by atoms with E-state index in [1.165, 1.54) is 0 Å². The van der Waals surface area contributed by atoms with Crippen molar-refractivity contribution in [3.63, 3.8) is 0 Å². The minimum Gasteiger partial charge on any atom is -0.480 e. The Kier molecular flexibility index (Phi) is 5.94. The first-order valence-electron chi connectivity index (χ1n) is 9.18. The largest absolute Gasteiger partial charge is 0.480 e. The standard InChI is InChI=1S/C23H24N2O3/c1-16(28-21-10-6-8-18-7-4-5-9-20(18)21)23(27)24-19-13-11-17(12-14-19)15-22(26)25(2)3/h4-14,16H,15H2,1-3H3,(H,24,27). The van der Waals surface area contributed by atoms with Crippen LogP contribution in [0.4, 0.5) is 5.69 Å². The second-order valence-electron chi connectivity index (χ2n) is 6.89. The van der Waals surface area contributed by atoms with Crippen molar-refractivity contribution in [2.75, 3.05) is 19.4 Å². The maximum atomic E-state index is 12.5. The third-order valence-electron chi connectivity index (χ3n) is 4.50. The van der Waals surface area contributed by atoms with E-state index in [1.54, 1.807) is 38.1 Å². The van der Waals surface area contributed by atoms with Crippen molar-refractivity contribution in [3.8, 4) is 5.75 Å². The second-order valence-corrected chi connectivity index (χ2v) is 6.89. The number of ether oxygens (including phenoxy) is 1. The van der Waals surface area contributed by atoms with Gasteiger partial charge in [-0.25, -0.2) is 0 Å². The molecule has 3 aromatic carbocycles. The van der Waals surface area contributed by atoms with Gasteiger partial charge in [0, 0.05) is 25.2 Å². The molecule has 2 amide bonds. The number of likely N-dealkylation sites (N-methyl/N-ethyl adjacent to an activating group) is 1. The minimum absolute atomic E-state index is 0.0360. The average Bonchev–Trinajstić information content (AvgIpc) is 2.69. The van der Waals surface area contributed by atoms with E-state index in [9.17, 15) is 9.59 Å².